The van der Waals surface area contributed by atoms with Gasteiger partial charge in [0.15, 0.2) is 0 Å². The second kappa shape index (κ2) is 6.49. The number of anilines is 2. The molecule has 0 radical (unpaired) electrons. The van der Waals surface area contributed by atoms with Crippen molar-refractivity contribution in [3.8, 4) is 17.8 Å². The predicted octanol–water partition coefficient (Wildman–Crippen LogP) is 3.42. The van der Waals surface area contributed by atoms with E-state index in [1.54, 1.807) is 24.3 Å². The number of nitriles is 1. The van der Waals surface area contributed by atoms with Crippen molar-refractivity contribution in [2.75, 3.05) is 5.32 Å². The van der Waals surface area contributed by atoms with E-state index in [1.165, 1.54) is 30.6 Å². The summed E-state index contributed by atoms with van der Waals surface area (Å²) in [6.07, 6.45) is 1.30. The van der Waals surface area contributed by atoms with Crippen molar-refractivity contribution in [3.63, 3.8) is 0 Å². The average Bonchev–Trinajstić information content (AvgIpc) is 2.58. The van der Waals surface area contributed by atoms with Crippen LogP contribution in [0.3, 0.4) is 0 Å². The number of nitrogens with zero attached hydrogens (tertiary/aromatic N) is 4. The molecule has 0 atom stereocenters. The van der Waals surface area contributed by atoms with Crippen molar-refractivity contribution in [1.82, 2.24) is 15.0 Å². The summed E-state index contributed by atoms with van der Waals surface area (Å²) in [5.74, 6) is 0.361. The topological polar surface area (TPSA) is 83.7 Å². The molecule has 1 heterocycles. The number of rotatable bonds is 4. The van der Waals surface area contributed by atoms with Gasteiger partial charge in [0.05, 0.1) is 11.6 Å². The molecule has 0 aliphatic rings. The maximum absolute atomic E-state index is 12.9. The van der Waals surface area contributed by atoms with Crippen molar-refractivity contribution in [3.05, 3.63) is 66.2 Å². The third-order valence-corrected chi connectivity index (χ3v) is 2.84. The van der Waals surface area contributed by atoms with Crippen molar-refractivity contribution < 1.29 is 9.13 Å². The summed E-state index contributed by atoms with van der Waals surface area (Å²) in [5.41, 5.74) is 1.29. The Kier molecular flexibility index (Phi) is 4.07. The van der Waals surface area contributed by atoms with E-state index in [9.17, 15) is 4.39 Å². The largest absolute Gasteiger partial charge is 0.424 e. The van der Waals surface area contributed by atoms with Crippen molar-refractivity contribution in [1.29, 1.82) is 5.26 Å². The molecule has 0 unspecified atom stereocenters. The van der Waals surface area contributed by atoms with Gasteiger partial charge in [-0.05, 0) is 48.5 Å². The van der Waals surface area contributed by atoms with Gasteiger partial charge in [0.2, 0.25) is 5.95 Å². The Morgan fingerprint density at radius 3 is 2.43 bits per heavy atom. The van der Waals surface area contributed by atoms with Crippen LogP contribution in [0.5, 0.6) is 11.8 Å². The number of hydrogen-bond acceptors (Lipinski definition) is 6. The van der Waals surface area contributed by atoms with E-state index in [4.69, 9.17) is 10.00 Å². The first-order valence-corrected chi connectivity index (χ1v) is 6.62. The van der Waals surface area contributed by atoms with Crippen LogP contribution in [-0.4, -0.2) is 15.0 Å². The molecule has 0 aliphatic heterocycles. The fraction of sp³-hybridized carbons (Fsp3) is 0. The molecule has 0 fully saturated rings. The van der Waals surface area contributed by atoms with Crippen LogP contribution in [0.2, 0.25) is 0 Å². The van der Waals surface area contributed by atoms with E-state index >= 15 is 0 Å². The first-order chi connectivity index (χ1) is 11.2. The molecule has 1 N–H and O–H groups in total. The minimum absolute atomic E-state index is 0.0859. The number of halogens is 1. The predicted molar refractivity (Wildman–Crippen MR) is 80.7 cm³/mol. The molecule has 3 aromatic rings. The van der Waals surface area contributed by atoms with Gasteiger partial charge in [0, 0.05) is 5.69 Å². The Labute approximate surface area is 131 Å². The maximum atomic E-state index is 12.9. The lowest BCUT2D eigenvalue weighted by atomic mass is 10.2. The Morgan fingerprint density at radius 1 is 1.00 bits per heavy atom. The first kappa shape index (κ1) is 14.4. The lowest BCUT2D eigenvalue weighted by molar-refractivity contribution is 0.439. The maximum Gasteiger partial charge on any atom is 0.326 e. The summed E-state index contributed by atoms with van der Waals surface area (Å²) in [4.78, 5) is 12.0. The summed E-state index contributed by atoms with van der Waals surface area (Å²) >= 11 is 0. The van der Waals surface area contributed by atoms with Crippen LogP contribution in [0.25, 0.3) is 0 Å². The van der Waals surface area contributed by atoms with E-state index in [-0.39, 0.29) is 11.8 Å². The van der Waals surface area contributed by atoms with Crippen LogP contribution in [0.4, 0.5) is 16.0 Å². The van der Waals surface area contributed by atoms with Gasteiger partial charge in [0.1, 0.15) is 17.9 Å². The molecule has 3 rings (SSSR count). The molecule has 6 nitrogen and oxygen atoms in total. The highest BCUT2D eigenvalue weighted by molar-refractivity contribution is 5.54. The van der Waals surface area contributed by atoms with Gasteiger partial charge in [-0.2, -0.15) is 15.2 Å². The van der Waals surface area contributed by atoms with Gasteiger partial charge < -0.3 is 10.1 Å². The van der Waals surface area contributed by atoms with Gasteiger partial charge in [-0.15, -0.1) is 0 Å². The number of hydrogen-bond donors (Lipinski definition) is 1. The van der Waals surface area contributed by atoms with Crippen molar-refractivity contribution >= 4 is 11.6 Å². The Morgan fingerprint density at radius 2 is 1.74 bits per heavy atom. The summed E-state index contributed by atoms with van der Waals surface area (Å²) in [6.45, 7) is 0. The van der Waals surface area contributed by atoms with E-state index in [1.807, 2.05) is 6.07 Å². The minimum Gasteiger partial charge on any atom is -0.424 e. The van der Waals surface area contributed by atoms with Crippen LogP contribution >= 0.6 is 0 Å². The molecule has 0 amide bonds. The van der Waals surface area contributed by atoms with Crippen LogP contribution in [-0.2, 0) is 0 Å². The zero-order chi connectivity index (χ0) is 16.1. The average molecular weight is 307 g/mol. The molecular weight excluding hydrogens is 297 g/mol. The third kappa shape index (κ3) is 3.77. The molecule has 2 aromatic carbocycles. The fourth-order valence-corrected chi connectivity index (χ4v) is 1.76. The second-order valence-corrected chi connectivity index (χ2v) is 4.46. The molecule has 0 saturated heterocycles. The molecule has 7 heteroatoms. The monoisotopic (exact) mass is 307 g/mol. The van der Waals surface area contributed by atoms with Crippen LogP contribution in [0.15, 0.2) is 54.9 Å². The number of aromatic nitrogens is 3. The van der Waals surface area contributed by atoms with Gasteiger partial charge in [0.25, 0.3) is 0 Å². The van der Waals surface area contributed by atoms with Gasteiger partial charge in [-0.3, -0.25) is 0 Å². The minimum atomic E-state index is -0.351. The van der Waals surface area contributed by atoms with E-state index in [0.717, 1.165) is 5.69 Å². The third-order valence-electron chi connectivity index (χ3n) is 2.84. The van der Waals surface area contributed by atoms with Crippen LogP contribution in [0, 0.1) is 17.1 Å². The smallest absolute Gasteiger partial charge is 0.326 e. The first-order valence-electron chi connectivity index (χ1n) is 6.62. The van der Waals surface area contributed by atoms with Gasteiger partial charge in [-0.25, -0.2) is 9.37 Å². The zero-order valence-corrected chi connectivity index (χ0v) is 11.8. The number of benzene rings is 2. The molecular formula is C16H10FN5O. The lowest BCUT2D eigenvalue weighted by Crippen LogP contribution is -2.00. The molecule has 0 bridgehead atoms. The highest BCUT2D eigenvalue weighted by Gasteiger charge is 2.04. The van der Waals surface area contributed by atoms with E-state index < -0.39 is 0 Å². The second-order valence-electron chi connectivity index (χ2n) is 4.46. The molecule has 1 aromatic heterocycles. The molecule has 23 heavy (non-hydrogen) atoms. The summed E-state index contributed by atoms with van der Waals surface area (Å²) in [6, 6.07) is 14.5. The van der Waals surface area contributed by atoms with Crippen molar-refractivity contribution in [2.45, 2.75) is 0 Å². The molecule has 0 spiro atoms. The van der Waals surface area contributed by atoms with Gasteiger partial charge >= 0.3 is 6.01 Å². The van der Waals surface area contributed by atoms with E-state index in [2.05, 4.69) is 20.3 Å². The normalized spacial score (nSPS) is 9.91. The Balaban J connectivity index is 1.74. The quantitative estimate of drug-likeness (QED) is 0.795. The molecule has 0 aliphatic carbocycles. The van der Waals surface area contributed by atoms with E-state index in [0.29, 0.717) is 17.3 Å². The van der Waals surface area contributed by atoms with Crippen LogP contribution in [0.1, 0.15) is 5.56 Å². The highest BCUT2D eigenvalue weighted by Crippen LogP contribution is 2.19. The highest BCUT2D eigenvalue weighted by atomic mass is 19.1. The van der Waals surface area contributed by atoms with Crippen LogP contribution < -0.4 is 10.1 Å². The molecule has 0 saturated carbocycles. The SMILES string of the molecule is N#Cc1ccc(Nc2ncnc(Oc3ccc(F)cc3)n2)cc1. The fourth-order valence-electron chi connectivity index (χ4n) is 1.76. The standard InChI is InChI=1S/C16H10FN5O/c17-12-3-7-14(8-4-12)23-16-20-10-19-15(22-16)21-13-5-1-11(9-18)2-6-13/h1-8,10H,(H,19,20,21,22). The zero-order valence-electron chi connectivity index (χ0n) is 11.8. The molecule has 112 valence electrons. The number of nitrogens with one attached hydrogen (secondary N) is 1. The lowest BCUT2D eigenvalue weighted by Gasteiger charge is -2.06. The van der Waals surface area contributed by atoms with Gasteiger partial charge in [-0.1, -0.05) is 0 Å². The summed E-state index contributed by atoms with van der Waals surface area (Å²) in [7, 11) is 0. The summed E-state index contributed by atoms with van der Waals surface area (Å²) in [5, 5.41) is 11.7. The van der Waals surface area contributed by atoms with Crippen molar-refractivity contribution in [2.24, 2.45) is 0 Å². The Bertz CT molecular complexity index is 844. The number of ether oxygens (including phenoxy) is 1. The summed E-state index contributed by atoms with van der Waals surface area (Å²) < 4.78 is 18.3. The Hall–Kier alpha value is -3.53.